The summed E-state index contributed by atoms with van der Waals surface area (Å²) in [5.74, 6) is -8.24. The number of rotatable bonds is 28. The number of phenols is 1. The number of hydrogen-bond acceptors (Lipinski definition) is 15. The van der Waals surface area contributed by atoms with E-state index < -0.39 is 133 Å². The van der Waals surface area contributed by atoms with Gasteiger partial charge in [0.25, 0.3) is 0 Å². The molecule has 0 radical (unpaired) electrons. The van der Waals surface area contributed by atoms with Crippen molar-refractivity contribution in [2.45, 2.75) is 141 Å². The molecule has 25 heteroatoms. The summed E-state index contributed by atoms with van der Waals surface area (Å²) < 4.78 is 0. The fourth-order valence-electron chi connectivity index (χ4n) is 7.81. The van der Waals surface area contributed by atoms with E-state index in [0.29, 0.717) is 12.0 Å². The molecule has 9 atom stereocenters. The first kappa shape index (κ1) is 57.9. The van der Waals surface area contributed by atoms with Crippen molar-refractivity contribution in [3.8, 4) is 5.75 Å². The van der Waals surface area contributed by atoms with Gasteiger partial charge in [-0.15, -0.1) is 0 Å². The molecule has 0 saturated carbocycles. The highest BCUT2D eigenvalue weighted by atomic mass is 16.4. The van der Waals surface area contributed by atoms with Gasteiger partial charge in [-0.3, -0.25) is 48.5 Å². The number of aromatic hydroxyl groups is 1. The lowest BCUT2D eigenvalue weighted by Crippen LogP contribution is -2.57. The number of aliphatic carboxylic acids is 1. The van der Waals surface area contributed by atoms with E-state index in [2.05, 4.69) is 47.9 Å². The largest absolute Gasteiger partial charge is 0.508 e. The minimum atomic E-state index is -1.32. The number of benzene rings is 1. The Labute approximate surface area is 405 Å². The molecule has 0 bridgehead atoms. The lowest BCUT2D eigenvalue weighted by molar-refractivity contribution is -0.144. The van der Waals surface area contributed by atoms with E-state index in [9.17, 15) is 68.4 Å². The third-order valence-electron chi connectivity index (χ3n) is 11.5. The van der Waals surface area contributed by atoms with Gasteiger partial charge in [-0.1, -0.05) is 39.8 Å². The maximum Gasteiger partial charge on any atom is 0.326 e. The number of carboxylic acid groups (broad SMARTS) is 1. The number of nitrogens with one attached hydrogen (secondary N) is 9. The van der Waals surface area contributed by atoms with Crippen LogP contribution in [0.2, 0.25) is 0 Å². The zero-order valence-corrected chi connectivity index (χ0v) is 40.2. The van der Waals surface area contributed by atoms with Crippen molar-refractivity contribution in [1.29, 1.82) is 0 Å². The van der Waals surface area contributed by atoms with Gasteiger partial charge in [0, 0.05) is 32.0 Å². The molecular weight excluding hydrogens is 919 g/mol. The first-order valence-electron chi connectivity index (χ1n) is 23.4. The molecule has 2 saturated heterocycles. The summed E-state index contributed by atoms with van der Waals surface area (Å²) in [7, 11) is 0. The van der Waals surface area contributed by atoms with E-state index in [4.69, 9.17) is 5.73 Å². The van der Waals surface area contributed by atoms with Crippen LogP contribution >= 0.6 is 0 Å². The van der Waals surface area contributed by atoms with Crippen molar-refractivity contribution >= 4 is 59.1 Å². The Kier molecular flexibility index (Phi) is 23.4. The summed E-state index contributed by atoms with van der Waals surface area (Å²) in [5.41, 5.74) is 5.85. The van der Waals surface area contributed by atoms with Gasteiger partial charge < -0.3 is 73.6 Å². The van der Waals surface area contributed by atoms with Crippen LogP contribution in [0.25, 0.3) is 0 Å². The number of nitrogens with two attached hydrogens (primary N) is 1. The molecule has 2 aliphatic rings. The van der Waals surface area contributed by atoms with Crippen molar-refractivity contribution < 1.29 is 68.4 Å². The average Bonchev–Trinajstić information content (AvgIpc) is 3.97. The normalized spacial score (nSPS) is 19.2. The number of amides is 9. The summed E-state index contributed by atoms with van der Waals surface area (Å²) in [5, 5.41) is 62.3. The van der Waals surface area contributed by atoms with Gasteiger partial charge in [-0.2, -0.15) is 0 Å². The topological polar surface area (TPSA) is 389 Å². The first-order valence-corrected chi connectivity index (χ1v) is 23.4. The van der Waals surface area contributed by atoms with Gasteiger partial charge in [-0.05, 0) is 75.0 Å². The third-order valence-corrected chi connectivity index (χ3v) is 11.5. The van der Waals surface area contributed by atoms with Crippen LogP contribution in [0.15, 0.2) is 24.3 Å². The molecule has 1 aromatic rings. The van der Waals surface area contributed by atoms with Gasteiger partial charge in [0.1, 0.15) is 48.2 Å². The predicted octanol–water partition coefficient (Wildman–Crippen LogP) is -4.32. The second kappa shape index (κ2) is 28.3. The van der Waals surface area contributed by atoms with E-state index in [-0.39, 0.29) is 75.6 Å². The Hall–Kier alpha value is -6.44. The van der Waals surface area contributed by atoms with Gasteiger partial charge in [0.05, 0.1) is 25.7 Å². The molecule has 2 unspecified atom stereocenters. The van der Waals surface area contributed by atoms with Crippen LogP contribution in [0.4, 0.5) is 0 Å². The Bertz CT molecular complexity index is 2010. The highest BCUT2D eigenvalue weighted by Crippen LogP contribution is 2.19. The van der Waals surface area contributed by atoms with Crippen molar-refractivity contribution in [3.05, 3.63) is 29.8 Å². The smallest absolute Gasteiger partial charge is 0.326 e. The Morgan fingerprint density at radius 3 is 1.91 bits per heavy atom. The molecule has 0 aliphatic carbocycles. The maximum absolute atomic E-state index is 13.5. The first-order chi connectivity index (χ1) is 32.9. The van der Waals surface area contributed by atoms with Gasteiger partial charge in [0.15, 0.2) is 0 Å². The summed E-state index contributed by atoms with van der Waals surface area (Å²) in [4.78, 5) is 131. The third kappa shape index (κ3) is 19.9. The number of β-amino-alcohol motifs (C(OH)–C–C–N with tert-alkyl or cyclic N) is 1. The molecule has 390 valence electrons. The lowest BCUT2D eigenvalue weighted by Gasteiger charge is -2.26. The number of aliphatic hydroxyl groups is 2. The molecule has 2 heterocycles. The number of primary amides is 1. The molecule has 2 fully saturated rings. The number of aliphatic hydroxyl groups excluding tert-OH is 2. The average molecular weight is 990 g/mol. The van der Waals surface area contributed by atoms with Gasteiger partial charge >= 0.3 is 5.97 Å². The van der Waals surface area contributed by atoms with Gasteiger partial charge in [-0.25, -0.2) is 4.79 Å². The number of phenolic OH excluding ortho intramolecular Hbond substituents is 1. The monoisotopic (exact) mass is 990 g/mol. The van der Waals surface area contributed by atoms with E-state index in [1.165, 1.54) is 36.1 Å². The van der Waals surface area contributed by atoms with Crippen LogP contribution in [0.5, 0.6) is 5.75 Å². The van der Waals surface area contributed by atoms with Crippen molar-refractivity contribution in [1.82, 2.24) is 52.8 Å². The van der Waals surface area contributed by atoms with Crippen LogP contribution in [0.3, 0.4) is 0 Å². The summed E-state index contributed by atoms with van der Waals surface area (Å²) in [6, 6.07) is -1.92. The van der Waals surface area contributed by atoms with Crippen LogP contribution in [-0.4, -0.2) is 172 Å². The lowest BCUT2D eigenvalue weighted by atomic mass is 10.0. The van der Waals surface area contributed by atoms with Crippen molar-refractivity contribution in [3.63, 3.8) is 0 Å². The molecule has 70 heavy (non-hydrogen) atoms. The van der Waals surface area contributed by atoms with Crippen molar-refractivity contribution in [2.75, 3.05) is 32.7 Å². The highest BCUT2D eigenvalue weighted by molar-refractivity contribution is 5.96. The quantitative estimate of drug-likeness (QED) is 0.0353. The standard InChI is InChI=1S/C45H71N11O14/c1-23(2)15-31(54-42(66)29(12-13-35(46)59)52-36(60)20-48-40(64)30-18-28(58)19-47-30)41(65)49-21-37(61)53-32(16-24(3)4)43(67)51-25(5)39(63)50-22-38(62)56-14-6-7-34(56)44(68)55-33(45(69)70)17-26-8-10-27(57)11-9-26/h8-11,23-25,28-34,40,47-48,57-58,64H,6-7,12-22H2,1-5H3,(H2,46,59)(H,49,65)(H,50,63)(H,51,67)(H,52,60)(H,53,61)(H,54,66)(H,55,68)(H,69,70)/t25-,28+,29-,30-,31-,32-,33?,34-,40?/m0/s1. The maximum atomic E-state index is 13.5. The molecule has 3 rings (SSSR count). The molecule has 2 aliphatic heterocycles. The van der Waals surface area contributed by atoms with Gasteiger partial charge in [0.2, 0.25) is 53.2 Å². The summed E-state index contributed by atoms with van der Waals surface area (Å²) >= 11 is 0. The minimum Gasteiger partial charge on any atom is -0.508 e. The number of likely N-dealkylation sites (tertiary alicyclic amines) is 1. The molecule has 9 amide bonds. The number of carboxylic acids is 1. The number of nitrogens with zero attached hydrogens (tertiary/aromatic N) is 1. The second-order valence-corrected chi connectivity index (χ2v) is 18.5. The SMILES string of the molecule is CC(C)C[C@H](NC(=O)CNC(=O)[C@H](CC(C)C)NC(=O)[C@H](CCC(N)=O)NC(=O)CNC(O)[C@@H]1C[C@@H](O)CN1)C(=O)N[C@@H](C)C(=O)NCC(=O)N1CCC[C@H]1C(=O)NC(Cc1ccc(O)cc1)C(=O)O. The Balaban J connectivity index is 1.53. The Morgan fingerprint density at radius 1 is 0.743 bits per heavy atom. The number of carbonyl (C=O) groups is 10. The second-order valence-electron chi connectivity index (χ2n) is 18.5. The number of hydrogen-bond donors (Lipinski definition) is 14. The summed E-state index contributed by atoms with van der Waals surface area (Å²) in [6.45, 7) is 7.34. The molecule has 0 spiro atoms. The van der Waals surface area contributed by atoms with E-state index in [1.807, 2.05) is 0 Å². The summed E-state index contributed by atoms with van der Waals surface area (Å²) in [6.07, 6.45) is -1.27. The predicted molar refractivity (Wildman–Crippen MR) is 249 cm³/mol. The van der Waals surface area contributed by atoms with E-state index in [0.717, 1.165) is 0 Å². The molecular formula is C45H71N11O14. The number of carbonyl (C=O) groups excluding carboxylic acids is 9. The minimum absolute atomic E-state index is 0.00828. The van der Waals surface area contributed by atoms with Crippen molar-refractivity contribution in [2.24, 2.45) is 17.6 Å². The van der Waals surface area contributed by atoms with E-state index >= 15 is 0 Å². The van der Waals surface area contributed by atoms with Crippen LogP contribution < -0.4 is 53.6 Å². The zero-order valence-electron chi connectivity index (χ0n) is 40.2. The fraction of sp³-hybridized carbons (Fsp3) is 0.644. The molecule has 25 nitrogen and oxygen atoms in total. The van der Waals surface area contributed by atoms with E-state index in [1.54, 1.807) is 27.7 Å². The zero-order chi connectivity index (χ0) is 52.2. The Morgan fingerprint density at radius 2 is 1.33 bits per heavy atom. The molecule has 15 N–H and O–H groups in total. The van der Waals surface area contributed by atoms with Crippen LogP contribution in [0.1, 0.15) is 85.1 Å². The van der Waals surface area contributed by atoms with Crippen LogP contribution in [-0.2, 0) is 54.4 Å². The molecule has 1 aromatic carbocycles. The molecule has 0 aromatic heterocycles. The highest BCUT2D eigenvalue weighted by Gasteiger charge is 2.37. The fourth-order valence-corrected chi connectivity index (χ4v) is 7.81. The van der Waals surface area contributed by atoms with Crippen LogP contribution in [0, 0.1) is 11.8 Å².